The number of halogens is 1. The van der Waals surface area contributed by atoms with E-state index >= 15 is 0 Å². The molecular formula is C16H17ClOS. The molecule has 0 aliphatic rings. The first-order chi connectivity index (χ1) is 9.11. The summed E-state index contributed by atoms with van der Waals surface area (Å²) < 4.78 is 0. The van der Waals surface area contributed by atoms with Gasteiger partial charge in [-0.25, -0.2) is 0 Å². The van der Waals surface area contributed by atoms with Crippen LogP contribution in [0.15, 0.2) is 47.4 Å². The van der Waals surface area contributed by atoms with Crippen LogP contribution in [0.1, 0.15) is 29.7 Å². The van der Waals surface area contributed by atoms with Gasteiger partial charge in [0.05, 0.1) is 0 Å². The molecule has 2 aromatic rings. The van der Waals surface area contributed by atoms with Crippen molar-refractivity contribution in [2.24, 2.45) is 0 Å². The number of aliphatic hydroxyl groups is 1. The maximum Gasteiger partial charge on any atom is 0.104 e. The summed E-state index contributed by atoms with van der Waals surface area (Å²) in [6.07, 6.45) is -0.626. The quantitative estimate of drug-likeness (QED) is 0.814. The summed E-state index contributed by atoms with van der Waals surface area (Å²) in [5, 5.41) is 11.1. The number of aryl methyl sites for hydroxylation is 1. The molecule has 2 rings (SSSR count). The van der Waals surface area contributed by atoms with E-state index in [-0.39, 0.29) is 0 Å². The minimum absolute atomic E-state index is 0.626. The van der Waals surface area contributed by atoms with Crippen LogP contribution in [0.4, 0.5) is 0 Å². The highest BCUT2D eigenvalue weighted by Crippen LogP contribution is 2.27. The highest BCUT2D eigenvalue weighted by atomic mass is 35.5. The number of benzene rings is 2. The molecule has 1 atom stereocenters. The second-order valence-corrected chi connectivity index (χ2v) is 6.16. The smallest absolute Gasteiger partial charge is 0.104 e. The summed E-state index contributed by atoms with van der Waals surface area (Å²) >= 11 is 7.89. The maximum absolute atomic E-state index is 10.4. The van der Waals surface area contributed by atoms with E-state index < -0.39 is 6.10 Å². The van der Waals surface area contributed by atoms with Gasteiger partial charge >= 0.3 is 0 Å². The average molecular weight is 293 g/mol. The number of thioether (sulfide) groups is 1. The lowest BCUT2D eigenvalue weighted by atomic mass is 10.0. The molecule has 2 aromatic carbocycles. The molecule has 1 unspecified atom stereocenters. The molecule has 0 bridgehead atoms. The fourth-order valence-electron chi connectivity index (χ4n) is 1.88. The van der Waals surface area contributed by atoms with Crippen molar-refractivity contribution < 1.29 is 5.11 Å². The van der Waals surface area contributed by atoms with Gasteiger partial charge in [-0.1, -0.05) is 42.8 Å². The summed E-state index contributed by atoms with van der Waals surface area (Å²) in [5.41, 5.74) is 2.74. The Kier molecular flexibility index (Phi) is 4.92. The molecule has 0 aliphatic carbocycles. The van der Waals surface area contributed by atoms with E-state index in [0.717, 1.165) is 22.4 Å². The molecule has 0 radical (unpaired) electrons. The van der Waals surface area contributed by atoms with Crippen LogP contribution in [0.25, 0.3) is 0 Å². The zero-order chi connectivity index (χ0) is 13.8. The Balaban J connectivity index is 2.22. The van der Waals surface area contributed by atoms with E-state index in [2.05, 4.69) is 6.92 Å². The van der Waals surface area contributed by atoms with E-state index in [0.29, 0.717) is 5.02 Å². The third kappa shape index (κ3) is 3.53. The lowest BCUT2D eigenvalue weighted by molar-refractivity contribution is 0.220. The Morgan fingerprint density at radius 3 is 2.32 bits per heavy atom. The molecule has 1 nitrogen and oxygen atoms in total. The topological polar surface area (TPSA) is 20.2 Å². The predicted molar refractivity (Wildman–Crippen MR) is 83.1 cm³/mol. The Hall–Kier alpha value is -0.960. The van der Waals surface area contributed by atoms with Crippen LogP contribution in [-0.2, 0) is 0 Å². The van der Waals surface area contributed by atoms with E-state index in [1.165, 1.54) is 4.90 Å². The van der Waals surface area contributed by atoms with Gasteiger partial charge in [-0.15, -0.1) is 11.8 Å². The highest BCUT2D eigenvalue weighted by molar-refractivity contribution is 7.99. The van der Waals surface area contributed by atoms with Gasteiger partial charge in [0.1, 0.15) is 6.10 Å². The first-order valence-corrected chi connectivity index (χ1v) is 7.65. The van der Waals surface area contributed by atoms with Gasteiger partial charge in [-0.05, 0) is 47.6 Å². The van der Waals surface area contributed by atoms with E-state index in [1.807, 2.05) is 49.4 Å². The number of aliphatic hydroxyl groups excluding tert-OH is 1. The zero-order valence-corrected chi connectivity index (χ0v) is 12.6. The first kappa shape index (κ1) is 14.4. The Morgan fingerprint density at radius 2 is 1.74 bits per heavy atom. The SMILES string of the molecule is CCSc1ccc(C(O)c2ccc(C)c(Cl)c2)cc1. The van der Waals surface area contributed by atoms with Crippen molar-refractivity contribution in [1.82, 2.24) is 0 Å². The first-order valence-electron chi connectivity index (χ1n) is 6.28. The molecule has 0 saturated heterocycles. The lowest BCUT2D eigenvalue weighted by Crippen LogP contribution is -1.99. The molecular weight excluding hydrogens is 276 g/mol. The van der Waals surface area contributed by atoms with Crippen molar-refractivity contribution in [3.63, 3.8) is 0 Å². The second kappa shape index (κ2) is 6.47. The minimum Gasteiger partial charge on any atom is -0.384 e. The zero-order valence-electron chi connectivity index (χ0n) is 11.1. The van der Waals surface area contributed by atoms with E-state index in [9.17, 15) is 5.11 Å². The monoisotopic (exact) mass is 292 g/mol. The van der Waals surface area contributed by atoms with Crippen molar-refractivity contribution in [3.8, 4) is 0 Å². The normalized spacial score (nSPS) is 12.4. The number of rotatable bonds is 4. The van der Waals surface area contributed by atoms with Crippen LogP contribution in [-0.4, -0.2) is 10.9 Å². The Morgan fingerprint density at radius 1 is 1.11 bits per heavy atom. The van der Waals surface area contributed by atoms with Gasteiger partial charge in [-0.2, -0.15) is 0 Å². The van der Waals surface area contributed by atoms with Crippen LogP contribution in [0.5, 0.6) is 0 Å². The van der Waals surface area contributed by atoms with Crippen LogP contribution >= 0.6 is 23.4 Å². The fraction of sp³-hybridized carbons (Fsp3) is 0.250. The van der Waals surface area contributed by atoms with Gasteiger partial charge in [-0.3, -0.25) is 0 Å². The molecule has 0 heterocycles. The minimum atomic E-state index is -0.626. The third-order valence-corrected chi connectivity index (χ3v) is 4.32. The largest absolute Gasteiger partial charge is 0.384 e. The lowest BCUT2D eigenvalue weighted by Gasteiger charge is -2.13. The average Bonchev–Trinajstić information content (AvgIpc) is 2.42. The van der Waals surface area contributed by atoms with Gasteiger partial charge in [0.25, 0.3) is 0 Å². The van der Waals surface area contributed by atoms with Gasteiger partial charge in [0, 0.05) is 9.92 Å². The molecule has 0 aromatic heterocycles. The molecule has 0 spiro atoms. The van der Waals surface area contributed by atoms with Crippen LogP contribution in [0, 0.1) is 6.92 Å². The molecule has 100 valence electrons. The molecule has 19 heavy (non-hydrogen) atoms. The third-order valence-electron chi connectivity index (χ3n) is 3.02. The van der Waals surface area contributed by atoms with E-state index in [1.54, 1.807) is 11.8 Å². The van der Waals surface area contributed by atoms with Crippen LogP contribution < -0.4 is 0 Å². The molecule has 0 fully saturated rings. The maximum atomic E-state index is 10.4. The number of hydrogen-bond acceptors (Lipinski definition) is 2. The summed E-state index contributed by atoms with van der Waals surface area (Å²) in [4.78, 5) is 1.22. The summed E-state index contributed by atoms with van der Waals surface area (Å²) in [5.74, 6) is 1.05. The summed E-state index contributed by atoms with van der Waals surface area (Å²) in [6, 6.07) is 13.7. The number of hydrogen-bond donors (Lipinski definition) is 1. The highest BCUT2D eigenvalue weighted by Gasteiger charge is 2.11. The van der Waals surface area contributed by atoms with Crippen molar-refractivity contribution in [3.05, 3.63) is 64.2 Å². The van der Waals surface area contributed by atoms with Crippen molar-refractivity contribution >= 4 is 23.4 Å². The molecule has 1 N–H and O–H groups in total. The van der Waals surface area contributed by atoms with Gasteiger partial charge in [0.2, 0.25) is 0 Å². The van der Waals surface area contributed by atoms with E-state index in [4.69, 9.17) is 11.6 Å². The Labute approximate surface area is 123 Å². The standard InChI is InChI=1S/C16H17ClOS/c1-3-19-14-8-6-12(7-9-14)16(18)13-5-4-11(2)15(17)10-13/h4-10,16,18H,3H2,1-2H3. The van der Waals surface area contributed by atoms with Crippen LogP contribution in [0.2, 0.25) is 5.02 Å². The molecule has 3 heteroatoms. The van der Waals surface area contributed by atoms with Gasteiger partial charge in [0.15, 0.2) is 0 Å². The van der Waals surface area contributed by atoms with Crippen LogP contribution in [0.3, 0.4) is 0 Å². The van der Waals surface area contributed by atoms with Crippen molar-refractivity contribution in [2.75, 3.05) is 5.75 Å². The van der Waals surface area contributed by atoms with Gasteiger partial charge < -0.3 is 5.11 Å². The second-order valence-electron chi connectivity index (χ2n) is 4.41. The molecule has 0 amide bonds. The van der Waals surface area contributed by atoms with Crippen molar-refractivity contribution in [1.29, 1.82) is 0 Å². The predicted octanol–water partition coefficient (Wildman–Crippen LogP) is 4.84. The molecule has 0 saturated carbocycles. The summed E-state index contributed by atoms with van der Waals surface area (Å²) in [6.45, 7) is 4.08. The summed E-state index contributed by atoms with van der Waals surface area (Å²) in [7, 11) is 0. The molecule has 0 aliphatic heterocycles. The Bertz CT molecular complexity index is 551. The fourth-order valence-corrected chi connectivity index (χ4v) is 2.74. The van der Waals surface area contributed by atoms with Crippen molar-refractivity contribution in [2.45, 2.75) is 24.8 Å².